The Morgan fingerprint density at radius 2 is 2.16 bits per heavy atom. The Morgan fingerprint density at radius 1 is 1.37 bits per heavy atom. The number of amides is 1. The van der Waals surface area contributed by atoms with Crippen molar-refractivity contribution >= 4 is 11.9 Å². The Labute approximate surface area is 114 Å². The zero-order valence-corrected chi connectivity index (χ0v) is 11.6. The summed E-state index contributed by atoms with van der Waals surface area (Å²) < 4.78 is 0. The zero-order chi connectivity index (χ0) is 13.9. The van der Waals surface area contributed by atoms with Crippen LogP contribution in [0.3, 0.4) is 0 Å². The second kappa shape index (κ2) is 5.90. The van der Waals surface area contributed by atoms with Crippen LogP contribution < -0.4 is 10.6 Å². The fourth-order valence-electron chi connectivity index (χ4n) is 3.49. The molecule has 0 spiro atoms. The van der Waals surface area contributed by atoms with Crippen molar-refractivity contribution in [1.82, 2.24) is 10.6 Å². The number of carboxylic acid groups (broad SMARTS) is 1. The van der Waals surface area contributed by atoms with E-state index in [9.17, 15) is 9.59 Å². The lowest BCUT2D eigenvalue weighted by Gasteiger charge is -2.30. The lowest BCUT2D eigenvalue weighted by atomic mass is 9.90. The molecule has 3 unspecified atom stereocenters. The largest absolute Gasteiger partial charge is 0.481 e. The highest BCUT2D eigenvalue weighted by Gasteiger charge is 2.43. The third-order valence-corrected chi connectivity index (χ3v) is 4.50. The van der Waals surface area contributed by atoms with Gasteiger partial charge >= 0.3 is 5.97 Å². The maximum absolute atomic E-state index is 12.5. The summed E-state index contributed by atoms with van der Waals surface area (Å²) in [5.41, 5.74) is -0.458. The first-order chi connectivity index (χ1) is 9.09. The molecule has 2 rings (SSSR count). The Morgan fingerprint density at radius 3 is 2.74 bits per heavy atom. The highest BCUT2D eigenvalue weighted by atomic mass is 16.4. The van der Waals surface area contributed by atoms with Crippen molar-refractivity contribution in [1.29, 1.82) is 0 Å². The molecule has 108 valence electrons. The summed E-state index contributed by atoms with van der Waals surface area (Å²) in [4.78, 5) is 23.7. The monoisotopic (exact) mass is 268 g/mol. The van der Waals surface area contributed by atoms with Crippen LogP contribution in [0.4, 0.5) is 0 Å². The molecule has 1 aliphatic heterocycles. The normalized spacial score (nSPS) is 34.4. The molecule has 2 aliphatic rings. The second-order valence-electron chi connectivity index (χ2n) is 5.82. The van der Waals surface area contributed by atoms with Gasteiger partial charge in [0, 0.05) is 6.04 Å². The van der Waals surface area contributed by atoms with Crippen molar-refractivity contribution in [2.75, 3.05) is 6.54 Å². The summed E-state index contributed by atoms with van der Waals surface area (Å²) in [6.45, 7) is 2.95. The summed E-state index contributed by atoms with van der Waals surface area (Å²) in [6, 6.07) is -0.193. The van der Waals surface area contributed by atoms with Crippen LogP contribution in [0.1, 0.15) is 51.9 Å². The van der Waals surface area contributed by atoms with E-state index in [0.717, 1.165) is 45.1 Å². The maximum Gasteiger partial charge on any atom is 0.308 e. The molecule has 0 bridgehead atoms. The minimum atomic E-state index is -0.785. The van der Waals surface area contributed by atoms with Crippen molar-refractivity contribution in [2.45, 2.75) is 63.5 Å². The van der Waals surface area contributed by atoms with Gasteiger partial charge in [-0.3, -0.25) is 9.59 Å². The van der Waals surface area contributed by atoms with Crippen LogP contribution in [-0.4, -0.2) is 35.1 Å². The van der Waals surface area contributed by atoms with E-state index >= 15 is 0 Å². The fourth-order valence-corrected chi connectivity index (χ4v) is 3.49. The lowest BCUT2D eigenvalue weighted by molar-refractivity contribution is -0.142. The molecule has 0 radical (unpaired) electrons. The molecule has 0 aromatic heterocycles. The van der Waals surface area contributed by atoms with Gasteiger partial charge in [0.1, 0.15) is 0 Å². The molecular weight excluding hydrogens is 244 g/mol. The SMILES string of the molecule is CCCC1(C(=O)NC2CCCC2C(=O)O)CCCN1. The van der Waals surface area contributed by atoms with Gasteiger partial charge in [-0.1, -0.05) is 19.8 Å². The van der Waals surface area contributed by atoms with Crippen LogP contribution >= 0.6 is 0 Å². The van der Waals surface area contributed by atoms with Crippen molar-refractivity contribution in [3.05, 3.63) is 0 Å². The van der Waals surface area contributed by atoms with Gasteiger partial charge in [-0.15, -0.1) is 0 Å². The Balaban J connectivity index is 2.01. The summed E-state index contributed by atoms with van der Waals surface area (Å²) in [6.07, 6.45) is 5.99. The number of hydrogen-bond donors (Lipinski definition) is 3. The van der Waals surface area contributed by atoms with Gasteiger partial charge in [-0.25, -0.2) is 0 Å². The first-order valence-corrected chi connectivity index (χ1v) is 7.38. The predicted octanol–water partition coefficient (Wildman–Crippen LogP) is 1.28. The molecule has 3 atom stereocenters. The van der Waals surface area contributed by atoms with Crippen LogP contribution in [0.25, 0.3) is 0 Å². The predicted molar refractivity (Wildman–Crippen MR) is 71.8 cm³/mol. The van der Waals surface area contributed by atoms with Gasteiger partial charge in [0.05, 0.1) is 11.5 Å². The van der Waals surface area contributed by atoms with Gasteiger partial charge in [-0.05, 0) is 38.6 Å². The van der Waals surface area contributed by atoms with E-state index in [1.807, 2.05) is 0 Å². The van der Waals surface area contributed by atoms with E-state index in [1.54, 1.807) is 0 Å². The molecule has 5 nitrogen and oxygen atoms in total. The molecule has 0 aromatic rings. The summed E-state index contributed by atoms with van der Waals surface area (Å²) in [5, 5.41) is 15.5. The average Bonchev–Trinajstić information content (AvgIpc) is 2.99. The number of aliphatic carboxylic acids is 1. The maximum atomic E-state index is 12.5. The molecule has 0 aromatic carbocycles. The third kappa shape index (κ3) is 2.91. The molecule has 1 amide bonds. The van der Waals surface area contributed by atoms with Gasteiger partial charge < -0.3 is 15.7 Å². The summed E-state index contributed by atoms with van der Waals surface area (Å²) in [5.74, 6) is -1.19. The molecule has 19 heavy (non-hydrogen) atoms. The van der Waals surface area contributed by atoms with Gasteiger partial charge in [0.15, 0.2) is 0 Å². The third-order valence-electron chi connectivity index (χ3n) is 4.50. The summed E-state index contributed by atoms with van der Waals surface area (Å²) in [7, 11) is 0. The van der Waals surface area contributed by atoms with Crippen LogP contribution in [0.5, 0.6) is 0 Å². The first kappa shape index (κ1) is 14.3. The molecule has 2 fully saturated rings. The second-order valence-corrected chi connectivity index (χ2v) is 5.82. The number of nitrogens with one attached hydrogen (secondary N) is 2. The van der Waals surface area contributed by atoms with Crippen LogP contribution in [0.2, 0.25) is 0 Å². The molecule has 1 saturated heterocycles. The van der Waals surface area contributed by atoms with E-state index in [1.165, 1.54) is 0 Å². The smallest absolute Gasteiger partial charge is 0.308 e. The van der Waals surface area contributed by atoms with Crippen molar-refractivity contribution < 1.29 is 14.7 Å². The van der Waals surface area contributed by atoms with Crippen molar-refractivity contribution in [3.8, 4) is 0 Å². The molecule has 5 heteroatoms. The van der Waals surface area contributed by atoms with Crippen molar-refractivity contribution in [3.63, 3.8) is 0 Å². The number of hydrogen-bond acceptors (Lipinski definition) is 3. The number of carbonyl (C=O) groups excluding carboxylic acids is 1. The van der Waals surface area contributed by atoms with E-state index in [-0.39, 0.29) is 11.9 Å². The van der Waals surface area contributed by atoms with E-state index in [2.05, 4.69) is 17.6 Å². The van der Waals surface area contributed by atoms with E-state index in [0.29, 0.717) is 6.42 Å². The van der Waals surface area contributed by atoms with E-state index < -0.39 is 17.4 Å². The van der Waals surface area contributed by atoms with Crippen LogP contribution in [-0.2, 0) is 9.59 Å². The molecular formula is C14H24N2O3. The topological polar surface area (TPSA) is 78.4 Å². The molecule has 1 heterocycles. The minimum Gasteiger partial charge on any atom is -0.481 e. The van der Waals surface area contributed by atoms with Crippen LogP contribution in [0, 0.1) is 5.92 Å². The zero-order valence-electron chi connectivity index (χ0n) is 11.6. The Kier molecular flexibility index (Phi) is 4.45. The highest BCUT2D eigenvalue weighted by molar-refractivity contribution is 5.87. The highest BCUT2D eigenvalue weighted by Crippen LogP contribution is 2.29. The van der Waals surface area contributed by atoms with Gasteiger partial charge in [-0.2, -0.15) is 0 Å². The molecule has 1 aliphatic carbocycles. The lowest BCUT2D eigenvalue weighted by Crippen LogP contribution is -2.56. The molecule has 3 N–H and O–H groups in total. The Hall–Kier alpha value is -1.10. The van der Waals surface area contributed by atoms with Crippen LogP contribution in [0.15, 0.2) is 0 Å². The Bertz CT molecular complexity index is 351. The first-order valence-electron chi connectivity index (χ1n) is 7.38. The van der Waals surface area contributed by atoms with Gasteiger partial charge in [0.25, 0.3) is 0 Å². The quantitative estimate of drug-likeness (QED) is 0.702. The molecule has 1 saturated carbocycles. The number of carboxylic acids is 1. The van der Waals surface area contributed by atoms with Crippen molar-refractivity contribution in [2.24, 2.45) is 5.92 Å². The van der Waals surface area contributed by atoms with E-state index in [4.69, 9.17) is 5.11 Å². The summed E-state index contributed by atoms with van der Waals surface area (Å²) >= 11 is 0. The number of rotatable bonds is 5. The number of carbonyl (C=O) groups is 2. The van der Waals surface area contributed by atoms with Gasteiger partial charge in [0.2, 0.25) is 5.91 Å². The standard InChI is InChI=1S/C14H24N2O3/c1-2-7-14(8-4-9-15-14)13(19)16-11-6-3-5-10(11)12(17)18/h10-11,15H,2-9H2,1H3,(H,16,19)(H,17,18). The average molecular weight is 268 g/mol. The minimum absolute atomic E-state index is 0.00463. The fraction of sp³-hybridized carbons (Fsp3) is 0.857.